The molecule has 0 aliphatic carbocycles. The van der Waals surface area contributed by atoms with Gasteiger partial charge in [-0.05, 0) is 47.7 Å². The molecular weight excluding hydrogens is 422 g/mol. The van der Waals surface area contributed by atoms with E-state index in [-0.39, 0.29) is 11.9 Å². The molecule has 8 heteroatoms. The number of likely N-dealkylation sites (N-methyl/N-ethyl adjacent to an activating group) is 1. The molecular formula is C24H19N5O2S. The van der Waals surface area contributed by atoms with Gasteiger partial charge in [0.1, 0.15) is 11.7 Å². The highest BCUT2D eigenvalue weighted by molar-refractivity contribution is 7.10. The van der Waals surface area contributed by atoms with Crippen LogP contribution in [0.4, 0.5) is 0 Å². The van der Waals surface area contributed by atoms with Gasteiger partial charge >= 0.3 is 0 Å². The van der Waals surface area contributed by atoms with Gasteiger partial charge in [-0.1, -0.05) is 12.1 Å². The Bertz CT molecular complexity index is 1420. The van der Waals surface area contributed by atoms with E-state index in [9.17, 15) is 10.1 Å². The second-order valence-corrected chi connectivity index (χ2v) is 8.91. The van der Waals surface area contributed by atoms with E-state index in [0.717, 1.165) is 27.0 Å². The van der Waals surface area contributed by atoms with Gasteiger partial charge in [0, 0.05) is 35.3 Å². The molecule has 2 atom stereocenters. The average Bonchev–Trinajstić information content (AvgIpc) is 3.47. The van der Waals surface area contributed by atoms with Gasteiger partial charge in [-0.15, -0.1) is 11.3 Å². The number of carbonyl (C=O) groups is 1. The third-order valence-electron chi connectivity index (χ3n) is 5.99. The molecule has 0 radical (unpaired) electrons. The number of carbonyl (C=O) groups excluding carboxylic acids is 1. The summed E-state index contributed by atoms with van der Waals surface area (Å²) in [6.07, 6.45) is 4.87. The fourth-order valence-corrected chi connectivity index (χ4v) is 5.27. The third-order valence-corrected chi connectivity index (χ3v) is 7.16. The van der Waals surface area contributed by atoms with Crippen LogP contribution in [-0.2, 0) is 10.3 Å². The van der Waals surface area contributed by atoms with Gasteiger partial charge in [-0.25, -0.2) is 0 Å². The average molecular weight is 442 g/mol. The van der Waals surface area contributed by atoms with Crippen LogP contribution in [0.25, 0.3) is 22.1 Å². The summed E-state index contributed by atoms with van der Waals surface area (Å²) >= 11 is 1.51. The topological polar surface area (TPSA) is 106 Å². The van der Waals surface area contributed by atoms with Gasteiger partial charge < -0.3 is 9.73 Å². The number of aromatic nitrogens is 1. The first-order valence-corrected chi connectivity index (χ1v) is 10.8. The zero-order valence-electron chi connectivity index (χ0n) is 17.4. The van der Waals surface area contributed by atoms with Gasteiger partial charge in [0.05, 0.1) is 23.3 Å². The Balaban J connectivity index is 1.62. The lowest BCUT2D eigenvalue weighted by Gasteiger charge is -2.45. The van der Waals surface area contributed by atoms with Crippen LogP contribution in [-0.4, -0.2) is 28.8 Å². The monoisotopic (exact) mass is 441 g/mol. The molecule has 1 fully saturated rings. The number of thiophene rings is 1. The van der Waals surface area contributed by atoms with E-state index in [1.165, 1.54) is 22.4 Å². The largest absolute Gasteiger partial charge is 0.464 e. The molecule has 5 rings (SSSR count). The first-order valence-electron chi connectivity index (χ1n) is 9.97. The molecule has 0 unspecified atom stereocenters. The van der Waals surface area contributed by atoms with Crippen LogP contribution in [0.2, 0.25) is 0 Å². The van der Waals surface area contributed by atoms with Crippen LogP contribution in [0, 0.1) is 16.7 Å². The van der Waals surface area contributed by atoms with Crippen LogP contribution in [0.5, 0.6) is 0 Å². The number of nitrogens with zero attached hydrogens (tertiary/aromatic N) is 3. The number of benzene rings is 1. The van der Waals surface area contributed by atoms with Crippen molar-refractivity contribution in [3.63, 3.8) is 0 Å². The second-order valence-electron chi connectivity index (χ2n) is 8.00. The number of hydrogen-bond acceptors (Lipinski definition) is 6. The predicted octanol–water partition coefficient (Wildman–Crippen LogP) is 4.42. The maximum atomic E-state index is 13.4. The van der Waals surface area contributed by atoms with E-state index in [0.29, 0.717) is 11.1 Å². The predicted molar refractivity (Wildman–Crippen MR) is 122 cm³/mol. The molecule has 1 amide bonds. The summed E-state index contributed by atoms with van der Waals surface area (Å²) in [6.45, 7) is 1.95. The van der Waals surface area contributed by atoms with Gasteiger partial charge in [-0.2, -0.15) is 5.26 Å². The van der Waals surface area contributed by atoms with E-state index in [1.807, 2.05) is 42.6 Å². The molecule has 4 aromatic rings. The fraction of sp³-hybridized carbons (Fsp3) is 0.167. The Morgan fingerprint density at radius 2 is 2.09 bits per heavy atom. The normalized spacial score (nSPS) is 20.9. The van der Waals surface area contributed by atoms with E-state index in [4.69, 9.17) is 9.83 Å². The van der Waals surface area contributed by atoms with Crippen molar-refractivity contribution in [1.29, 1.82) is 10.7 Å². The minimum atomic E-state index is -0.843. The molecule has 1 aliphatic rings. The van der Waals surface area contributed by atoms with E-state index < -0.39 is 11.5 Å². The molecule has 7 nitrogen and oxygen atoms in total. The smallest absolute Gasteiger partial charge is 0.239 e. The number of amides is 1. The van der Waals surface area contributed by atoms with Gasteiger partial charge in [0.25, 0.3) is 0 Å². The van der Waals surface area contributed by atoms with Crippen molar-refractivity contribution in [3.05, 3.63) is 76.4 Å². The first kappa shape index (κ1) is 20.0. The van der Waals surface area contributed by atoms with E-state index in [1.54, 1.807) is 25.6 Å². The number of guanidine groups is 1. The van der Waals surface area contributed by atoms with Crippen LogP contribution < -0.4 is 5.32 Å². The number of rotatable bonds is 3. The van der Waals surface area contributed by atoms with Gasteiger partial charge in [-0.3, -0.25) is 20.1 Å². The summed E-state index contributed by atoms with van der Waals surface area (Å²) < 4.78 is 5.57. The summed E-state index contributed by atoms with van der Waals surface area (Å²) in [5.41, 5.74) is 2.92. The number of nitrogens with one attached hydrogen (secondary N) is 2. The summed E-state index contributed by atoms with van der Waals surface area (Å²) in [5, 5.41) is 23.8. The van der Waals surface area contributed by atoms with Crippen LogP contribution >= 0.6 is 11.3 Å². The van der Waals surface area contributed by atoms with Crippen LogP contribution in [0.1, 0.15) is 28.8 Å². The molecule has 0 saturated carbocycles. The highest BCUT2D eigenvalue weighted by Gasteiger charge is 2.49. The Kier molecular flexibility index (Phi) is 4.57. The maximum Gasteiger partial charge on any atom is 0.239 e. The molecule has 4 heterocycles. The van der Waals surface area contributed by atoms with Crippen molar-refractivity contribution < 1.29 is 9.21 Å². The second kappa shape index (κ2) is 7.32. The number of pyridine rings is 1. The molecule has 1 saturated heterocycles. The number of furan rings is 1. The van der Waals surface area contributed by atoms with Crippen molar-refractivity contribution in [1.82, 2.24) is 15.2 Å². The summed E-state index contributed by atoms with van der Waals surface area (Å²) in [4.78, 5) is 19.8. The van der Waals surface area contributed by atoms with Crippen LogP contribution in [0.15, 0.2) is 64.9 Å². The lowest BCUT2D eigenvalue weighted by molar-refractivity contribution is -0.131. The van der Waals surface area contributed by atoms with Crippen LogP contribution in [0.3, 0.4) is 0 Å². The summed E-state index contributed by atoms with van der Waals surface area (Å²) in [7, 11) is 1.61. The van der Waals surface area contributed by atoms with Gasteiger partial charge in [0.2, 0.25) is 5.91 Å². The SMILES string of the molecule is CN1C(=N)N[C@](C)(c2cc(-c3cncc(C#N)c3)cs2)[C@H](c2ccc3ccoc3c2)C1=O. The molecule has 2 N–H and O–H groups in total. The van der Waals surface area contributed by atoms with Crippen molar-refractivity contribution in [2.75, 3.05) is 7.05 Å². The maximum absolute atomic E-state index is 13.4. The molecule has 0 bridgehead atoms. The highest BCUT2D eigenvalue weighted by atomic mass is 32.1. The van der Waals surface area contributed by atoms with E-state index >= 15 is 0 Å². The summed E-state index contributed by atoms with van der Waals surface area (Å²) in [6, 6.07) is 13.6. The quantitative estimate of drug-likeness (QED) is 0.489. The number of nitriles is 1. The van der Waals surface area contributed by atoms with Crippen molar-refractivity contribution in [2.24, 2.45) is 0 Å². The van der Waals surface area contributed by atoms with Crippen molar-refractivity contribution in [2.45, 2.75) is 18.4 Å². The highest BCUT2D eigenvalue weighted by Crippen LogP contribution is 2.44. The van der Waals surface area contributed by atoms with Crippen molar-refractivity contribution in [3.8, 4) is 17.2 Å². The standard InChI is InChI=1S/C24H19N5O2S/c1-24(20-9-18(13-32-20)17-7-14(10-25)11-27-12-17)21(22(30)29(2)23(26)28-24)16-4-3-15-5-6-31-19(15)8-16/h3-9,11-13,21H,1-2H3,(H2,26,28)/t21-,24-/m1/s1. The molecule has 0 spiro atoms. The lowest BCUT2D eigenvalue weighted by atomic mass is 9.76. The number of fused-ring (bicyclic) bond motifs is 1. The Hall–Kier alpha value is -3.96. The molecule has 32 heavy (non-hydrogen) atoms. The fourth-order valence-electron chi connectivity index (χ4n) is 4.20. The number of hydrogen-bond donors (Lipinski definition) is 2. The third kappa shape index (κ3) is 3.06. The molecule has 1 aromatic carbocycles. The zero-order chi connectivity index (χ0) is 22.5. The molecule has 3 aromatic heterocycles. The summed E-state index contributed by atoms with van der Waals surface area (Å²) in [5.74, 6) is -0.674. The minimum Gasteiger partial charge on any atom is -0.464 e. The van der Waals surface area contributed by atoms with Gasteiger partial charge in [0.15, 0.2) is 5.96 Å². The zero-order valence-corrected chi connectivity index (χ0v) is 18.2. The van der Waals surface area contributed by atoms with Crippen molar-refractivity contribution >= 4 is 34.2 Å². The molecule has 158 valence electrons. The Labute approximate surface area is 188 Å². The lowest BCUT2D eigenvalue weighted by Crippen LogP contribution is -2.62. The Morgan fingerprint density at radius 3 is 2.91 bits per heavy atom. The molecule has 1 aliphatic heterocycles. The minimum absolute atomic E-state index is 0.0518. The Morgan fingerprint density at radius 1 is 1.25 bits per heavy atom. The van der Waals surface area contributed by atoms with E-state index in [2.05, 4.69) is 16.4 Å². The first-order chi connectivity index (χ1) is 15.4.